The summed E-state index contributed by atoms with van der Waals surface area (Å²) in [7, 11) is 0. The van der Waals surface area contributed by atoms with Gasteiger partial charge in [0.15, 0.2) is 0 Å². The maximum absolute atomic E-state index is 5.66. The molecule has 0 aromatic rings. The second kappa shape index (κ2) is 3.67. The molecule has 0 fully saturated rings. The Kier molecular flexibility index (Phi) is 3.53. The highest BCUT2D eigenvalue weighted by atomic mass is 14.6. The van der Waals surface area contributed by atoms with E-state index in [0.717, 1.165) is 6.42 Å². The smallest absolute Gasteiger partial charge is 0.00965 e. The minimum Gasteiger partial charge on any atom is -0.327 e. The topological polar surface area (TPSA) is 26.0 Å². The van der Waals surface area contributed by atoms with Gasteiger partial charge in [-0.15, -0.1) is 6.58 Å². The van der Waals surface area contributed by atoms with Crippen molar-refractivity contribution in [2.24, 2.45) is 11.7 Å². The van der Waals surface area contributed by atoms with E-state index in [9.17, 15) is 0 Å². The van der Waals surface area contributed by atoms with Gasteiger partial charge < -0.3 is 5.73 Å². The molecule has 48 valence electrons. The highest BCUT2D eigenvalue weighted by Gasteiger charge is 2.03. The molecule has 0 aromatic heterocycles. The molecule has 0 unspecified atom stereocenters. The molecule has 0 radical (unpaired) electrons. The third-order valence-corrected chi connectivity index (χ3v) is 1.52. The van der Waals surface area contributed by atoms with Crippen LogP contribution in [0.2, 0.25) is 0 Å². The Hall–Kier alpha value is -0.300. The number of rotatable bonds is 3. The lowest BCUT2D eigenvalue weighted by atomic mass is 10.0. The lowest BCUT2D eigenvalue weighted by molar-refractivity contribution is 0.525. The van der Waals surface area contributed by atoms with E-state index < -0.39 is 0 Å². The van der Waals surface area contributed by atoms with Crippen molar-refractivity contribution in [3.8, 4) is 0 Å². The van der Waals surface area contributed by atoms with Gasteiger partial charge in [-0.2, -0.15) is 0 Å². The Morgan fingerprint density at radius 3 is 2.38 bits per heavy atom. The van der Waals surface area contributed by atoms with E-state index in [2.05, 4.69) is 20.4 Å². The molecular formula is C7H15N. The van der Waals surface area contributed by atoms with E-state index in [-0.39, 0.29) is 0 Å². The minimum atomic E-state index is 0.299. The van der Waals surface area contributed by atoms with Crippen molar-refractivity contribution in [3.63, 3.8) is 0 Å². The van der Waals surface area contributed by atoms with E-state index in [1.165, 1.54) is 0 Å². The maximum Gasteiger partial charge on any atom is 0.00965 e. The van der Waals surface area contributed by atoms with Gasteiger partial charge >= 0.3 is 0 Å². The molecule has 0 aromatic carbocycles. The second-order valence-electron chi connectivity index (χ2n) is 2.17. The summed E-state index contributed by atoms with van der Waals surface area (Å²) >= 11 is 0. The second-order valence-corrected chi connectivity index (χ2v) is 2.17. The van der Waals surface area contributed by atoms with E-state index in [0.29, 0.717) is 12.0 Å². The standard InChI is InChI=1S/C7H15N/c1-4-6(3)7(8)5-2/h4,6-7H,1,5,8H2,2-3H3/t6-,7-/m1/s1. The van der Waals surface area contributed by atoms with Gasteiger partial charge in [-0.3, -0.25) is 0 Å². The molecular weight excluding hydrogens is 98.1 g/mol. The predicted molar refractivity (Wildman–Crippen MR) is 37.6 cm³/mol. The van der Waals surface area contributed by atoms with Crippen LogP contribution in [0.5, 0.6) is 0 Å². The third-order valence-electron chi connectivity index (χ3n) is 1.52. The van der Waals surface area contributed by atoms with E-state index in [1.54, 1.807) is 0 Å². The molecule has 0 amide bonds. The van der Waals surface area contributed by atoms with Gasteiger partial charge in [-0.05, 0) is 12.3 Å². The summed E-state index contributed by atoms with van der Waals surface area (Å²) in [5, 5.41) is 0. The zero-order valence-corrected chi connectivity index (χ0v) is 5.72. The highest BCUT2D eigenvalue weighted by Crippen LogP contribution is 2.03. The van der Waals surface area contributed by atoms with Crippen molar-refractivity contribution in [1.29, 1.82) is 0 Å². The summed E-state index contributed by atoms with van der Waals surface area (Å²) in [5.41, 5.74) is 5.66. The lowest BCUT2D eigenvalue weighted by Gasteiger charge is -2.12. The van der Waals surface area contributed by atoms with Gasteiger partial charge in [0.25, 0.3) is 0 Å². The normalized spacial score (nSPS) is 17.4. The van der Waals surface area contributed by atoms with Crippen LogP contribution in [0.4, 0.5) is 0 Å². The molecule has 0 heterocycles. The fourth-order valence-electron chi connectivity index (χ4n) is 0.547. The first-order chi connectivity index (χ1) is 3.72. The minimum absolute atomic E-state index is 0.299. The van der Waals surface area contributed by atoms with Crippen LogP contribution in [0.25, 0.3) is 0 Å². The highest BCUT2D eigenvalue weighted by molar-refractivity contribution is 4.82. The van der Waals surface area contributed by atoms with Crippen molar-refractivity contribution in [1.82, 2.24) is 0 Å². The van der Waals surface area contributed by atoms with Crippen LogP contribution in [0.15, 0.2) is 12.7 Å². The van der Waals surface area contributed by atoms with Crippen LogP contribution in [0.3, 0.4) is 0 Å². The quantitative estimate of drug-likeness (QED) is 0.552. The largest absolute Gasteiger partial charge is 0.327 e. The molecule has 0 spiro atoms. The van der Waals surface area contributed by atoms with Crippen LogP contribution in [-0.2, 0) is 0 Å². The fraction of sp³-hybridized carbons (Fsp3) is 0.714. The first-order valence-corrected chi connectivity index (χ1v) is 3.10. The molecule has 1 heteroatoms. The van der Waals surface area contributed by atoms with Crippen molar-refractivity contribution in [2.45, 2.75) is 26.3 Å². The fourth-order valence-corrected chi connectivity index (χ4v) is 0.547. The van der Waals surface area contributed by atoms with Crippen LogP contribution < -0.4 is 5.73 Å². The van der Waals surface area contributed by atoms with Crippen LogP contribution in [0, 0.1) is 5.92 Å². The Labute approximate surface area is 51.6 Å². The molecule has 2 atom stereocenters. The monoisotopic (exact) mass is 113 g/mol. The van der Waals surface area contributed by atoms with Crippen LogP contribution in [0.1, 0.15) is 20.3 Å². The maximum atomic E-state index is 5.66. The number of hydrogen-bond donors (Lipinski definition) is 1. The van der Waals surface area contributed by atoms with Gasteiger partial charge in [0.1, 0.15) is 0 Å². The molecule has 2 N–H and O–H groups in total. The number of nitrogens with two attached hydrogens (primary N) is 1. The molecule has 0 saturated heterocycles. The zero-order valence-electron chi connectivity index (χ0n) is 5.72. The first-order valence-electron chi connectivity index (χ1n) is 3.10. The van der Waals surface area contributed by atoms with Crippen LogP contribution >= 0.6 is 0 Å². The summed E-state index contributed by atoms with van der Waals surface area (Å²) < 4.78 is 0. The molecule has 8 heavy (non-hydrogen) atoms. The van der Waals surface area contributed by atoms with Gasteiger partial charge in [0.2, 0.25) is 0 Å². The predicted octanol–water partition coefficient (Wildman–Crippen LogP) is 1.55. The zero-order chi connectivity index (χ0) is 6.57. The summed E-state index contributed by atoms with van der Waals surface area (Å²) in [4.78, 5) is 0. The Morgan fingerprint density at radius 1 is 1.75 bits per heavy atom. The van der Waals surface area contributed by atoms with Crippen molar-refractivity contribution >= 4 is 0 Å². The van der Waals surface area contributed by atoms with Crippen molar-refractivity contribution in [2.75, 3.05) is 0 Å². The SMILES string of the molecule is C=C[C@@H](C)[C@H](N)CC. The molecule has 1 nitrogen and oxygen atoms in total. The molecule has 0 saturated carbocycles. The Balaban J connectivity index is 3.44. The average molecular weight is 113 g/mol. The van der Waals surface area contributed by atoms with Gasteiger partial charge in [0, 0.05) is 6.04 Å². The molecule has 0 bridgehead atoms. The lowest BCUT2D eigenvalue weighted by Crippen LogP contribution is -2.25. The van der Waals surface area contributed by atoms with E-state index >= 15 is 0 Å². The van der Waals surface area contributed by atoms with Crippen molar-refractivity contribution in [3.05, 3.63) is 12.7 Å². The average Bonchev–Trinajstić information content (AvgIpc) is 1.84. The number of hydrogen-bond acceptors (Lipinski definition) is 1. The van der Waals surface area contributed by atoms with E-state index in [4.69, 9.17) is 5.73 Å². The van der Waals surface area contributed by atoms with E-state index in [1.807, 2.05) is 6.08 Å². The summed E-state index contributed by atoms with van der Waals surface area (Å²) in [6.07, 6.45) is 2.93. The van der Waals surface area contributed by atoms with Gasteiger partial charge in [-0.1, -0.05) is 19.9 Å². The summed E-state index contributed by atoms with van der Waals surface area (Å²) in [6, 6.07) is 0.299. The van der Waals surface area contributed by atoms with Crippen LogP contribution in [-0.4, -0.2) is 6.04 Å². The van der Waals surface area contributed by atoms with Crippen molar-refractivity contribution < 1.29 is 0 Å². The van der Waals surface area contributed by atoms with Gasteiger partial charge in [0.05, 0.1) is 0 Å². The molecule has 0 aliphatic rings. The van der Waals surface area contributed by atoms with Gasteiger partial charge in [-0.25, -0.2) is 0 Å². The molecule has 0 aliphatic carbocycles. The first kappa shape index (κ1) is 7.70. The Morgan fingerprint density at radius 2 is 2.25 bits per heavy atom. The summed E-state index contributed by atoms with van der Waals surface area (Å²) in [6.45, 7) is 7.82. The molecule has 0 rings (SSSR count). The summed E-state index contributed by atoms with van der Waals surface area (Å²) in [5.74, 6) is 0.458. The third kappa shape index (κ3) is 2.12. The molecule has 0 aliphatic heterocycles. The Bertz CT molecular complexity index is 68.8.